The van der Waals surface area contributed by atoms with Gasteiger partial charge in [0.15, 0.2) is 11.0 Å². The van der Waals surface area contributed by atoms with Crippen LogP contribution in [0.4, 0.5) is 15.8 Å². The molecule has 3 aromatic rings. The Morgan fingerprint density at radius 2 is 1.66 bits per heavy atom. The van der Waals surface area contributed by atoms with Crippen LogP contribution in [0.25, 0.3) is 6.08 Å². The van der Waals surface area contributed by atoms with Gasteiger partial charge in [-0.05, 0) is 74.0 Å². The number of amidine groups is 1. The van der Waals surface area contributed by atoms with Crippen molar-refractivity contribution in [3.05, 3.63) is 102 Å². The number of aliphatic imine (C=N–C) groups is 1. The molecule has 1 atom stereocenters. The van der Waals surface area contributed by atoms with Gasteiger partial charge in [-0.15, -0.1) is 0 Å². The van der Waals surface area contributed by atoms with Crippen molar-refractivity contribution >= 4 is 52.0 Å². The molecule has 6 nitrogen and oxygen atoms in total. The number of benzene rings is 3. The highest BCUT2D eigenvalue weighted by Crippen LogP contribution is 2.31. The van der Waals surface area contributed by atoms with E-state index in [1.54, 1.807) is 37.3 Å². The molecule has 176 valence electrons. The van der Waals surface area contributed by atoms with Crippen LogP contribution < -0.4 is 10.2 Å². The van der Waals surface area contributed by atoms with E-state index in [2.05, 4.69) is 10.3 Å². The summed E-state index contributed by atoms with van der Waals surface area (Å²) >= 11 is 1.12. The topological polar surface area (TPSA) is 78.8 Å². The van der Waals surface area contributed by atoms with E-state index in [4.69, 9.17) is 0 Å². The minimum atomic E-state index is -0.604. The van der Waals surface area contributed by atoms with Crippen LogP contribution in [-0.4, -0.2) is 28.0 Å². The van der Waals surface area contributed by atoms with Crippen LogP contribution in [0.3, 0.4) is 0 Å². The molecule has 0 radical (unpaired) electrons. The molecule has 1 aliphatic rings. The van der Waals surface area contributed by atoms with Crippen LogP contribution in [0, 0.1) is 5.82 Å². The third-order valence-corrected chi connectivity index (χ3v) is 6.28. The second-order valence-electron chi connectivity index (χ2n) is 7.83. The molecule has 0 spiro atoms. The molecule has 0 aliphatic carbocycles. The predicted octanol–water partition coefficient (Wildman–Crippen LogP) is 5.53. The number of nitrogens with one attached hydrogen (secondary N) is 1. The van der Waals surface area contributed by atoms with E-state index >= 15 is 0 Å². The summed E-state index contributed by atoms with van der Waals surface area (Å²) in [5.41, 5.74) is 2.58. The summed E-state index contributed by atoms with van der Waals surface area (Å²) in [6.07, 6.45) is 1.67. The highest BCUT2D eigenvalue weighted by atomic mass is 32.2. The van der Waals surface area contributed by atoms with Gasteiger partial charge in [0.2, 0.25) is 5.91 Å². The van der Waals surface area contributed by atoms with Crippen molar-refractivity contribution in [1.29, 1.82) is 0 Å². The molecule has 0 bridgehead atoms. The van der Waals surface area contributed by atoms with Crippen molar-refractivity contribution in [2.24, 2.45) is 4.99 Å². The maximum absolute atomic E-state index is 13.5. The van der Waals surface area contributed by atoms with Crippen LogP contribution in [0.1, 0.15) is 29.8 Å². The summed E-state index contributed by atoms with van der Waals surface area (Å²) < 4.78 is 13.5. The molecule has 0 saturated heterocycles. The van der Waals surface area contributed by atoms with Crippen molar-refractivity contribution in [3.63, 3.8) is 0 Å². The first kappa shape index (κ1) is 24.1. The van der Waals surface area contributed by atoms with Gasteiger partial charge in [0.25, 0.3) is 5.91 Å². The minimum absolute atomic E-state index is 0.0593. The van der Waals surface area contributed by atoms with Gasteiger partial charge < -0.3 is 5.32 Å². The van der Waals surface area contributed by atoms with Crippen molar-refractivity contribution in [1.82, 2.24) is 0 Å². The Hall–Kier alpha value is -4.04. The number of anilines is 2. The highest BCUT2D eigenvalue weighted by molar-refractivity contribution is 8.15. The van der Waals surface area contributed by atoms with E-state index < -0.39 is 11.1 Å². The predicted molar refractivity (Wildman–Crippen MR) is 138 cm³/mol. The van der Waals surface area contributed by atoms with Gasteiger partial charge in [0, 0.05) is 11.3 Å². The lowest BCUT2D eigenvalue weighted by atomic mass is 10.1. The molecule has 1 heterocycles. The lowest BCUT2D eigenvalue weighted by Gasteiger charge is -2.20. The van der Waals surface area contributed by atoms with Gasteiger partial charge in [0.05, 0.1) is 10.9 Å². The van der Waals surface area contributed by atoms with Gasteiger partial charge in [-0.2, -0.15) is 0 Å². The molecule has 1 N–H and O–H groups in total. The molecule has 3 aromatic carbocycles. The normalized spacial score (nSPS) is 15.2. The van der Waals surface area contributed by atoms with Crippen LogP contribution in [0.5, 0.6) is 0 Å². The number of rotatable bonds is 6. The van der Waals surface area contributed by atoms with E-state index in [9.17, 15) is 18.8 Å². The van der Waals surface area contributed by atoms with Crippen LogP contribution >= 0.6 is 11.8 Å². The summed E-state index contributed by atoms with van der Waals surface area (Å²) in [5.74, 6) is -1.14. The van der Waals surface area contributed by atoms with E-state index in [1.807, 2.05) is 30.3 Å². The summed E-state index contributed by atoms with van der Waals surface area (Å²) in [4.78, 5) is 43.4. The van der Waals surface area contributed by atoms with E-state index in [0.29, 0.717) is 22.1 Å². The van der Waals surface area contributed by atoms with E-state index in [1.165, 1.54) is 36.1 Å². The molecule has 1 aliphatic heterocycles. The number of nitrogens with zero attached hydrogens (tertiary/aromatic N) is 2. The second kappa shape index (κ2) is 10.5. The van der Waals surface area contributed by atoms with Gasteiger partial charge in [0.1, 0.15) is 11.5 Å². The van der Waals surface area contributed by atoms with Crippen molar-refractivity contribution in [2.75, 3.05) is 10.2 Å². The van der Waals surface area contributed by atoms with Crippen molar-refractivity contribution < 1.29 is 18.8 Å². The van der Waals surface area contributed by atoms with Crippen LogP contribution in [-0.2, 0) is 9.59 Å². The molecule has 4 rings (SSSR count). The molecule has 0 saturated carbocycles. The Balaban J connectivity index is 1.57. The van der Waals surface area contributed by atoms with Gasteiger partial charge in [-0.1, -0.05) is 42.1 Å². The fraction of sp³-hybridized carbons (Fsp3) is 0.111. The average Bonchev–Trinajstić information content (AvgIpc) is 3.14. The first-order chi connectivity index (χ1) is 16.8. The number of carbonyl (C=O) groups excluding carboxylic acids is 3. The summed E-state index contributed by atoms with van der Waals surface area (Å²) in [6.45, 7) is 3.18. The molecule has 0 aromatic heterocycles. The summed E-state index contributed by atoms with van der Waals surface area (Å²) in [7, 11) is 0. The Morgan fingerprint density at radius 3 is 2.29 bits per heavy atom. The molecule has 1 unspecified atom stereocenters. The SMILES string of the molecule is CC(=O)c1ccc(NC(=O)C(C)SC2=NC(=Cc3ccccc3)C(=O)N2c2ccc(F)cc2)cc1. The number of thioether (sulfide) groups is 1. The number of hydrogen-bond donors (Lipinski definition) is 1. The van der Waals surface area contributed by atoms with Gasteiger partial charge >= 0.3 is 0 Å². The Morgan fingerprint density at radius 1 is 1.00 bits per heavy atom. The third-order valence-electron chi connectivity index (χ3n) is 5.23. The van der Waals surface area contributed by atoms with E-state index in [-0.39, 0.29) is 23.3 Å². The van der Waals surface area contributed by atoms with Crippen molar-refractivity contribution in [3.8, 4) is 0 Å². The minimum Gasteiger partial charge on any atom is -0.325 e. The number of amides is 2. The molecule has 0 fully saturated rings. The molecule has 2 amide bonds. The number of Topliss-reactive ketones (excluding diaryl/α,β-unsaturated/α-hetero) is 1. The number of carbonyl (C=O) groups is 3. The van der Waals surface area contributed by atoms with Crippen LogP contribution in [0.15, 0.2) is 89.6 Å². The summed E-state index contributed by atoms with van der Waals surface area (Å²) in [6, 6.07) is 21.5. The zero-order chi connectivity index (χ0) is 24.9. The summed E-state index contributed by atoms with van der Waals surface area (Å²) in [5, 5.41) is 2.53. The Labute approximate surface area is 206 Å². The first-order valence-electron chi connectivity index (χ1n) is 10.9. The first-order valence-corrected chi connectivity index (χ1v) is 11.7. The quantitative estimate of drug-likeness (QED) is 0.366. The second-order valence-corrected chi connectivity index (χ2v) is 9.14. The third kappa shape index (κ3) is 5.73. The van der Waals surface area contributed by atoms with E-state index in [0.717, 1.165) is 17.3 Å². The monoisotopic (exact) mass is 487 g/mol. The standard InChI is InChI=1S/C27H22FN3O3S/c1-17(32)20-8-12-22(13-9-20)29-25(33)18(2)35-27-30-24(16-19-6-4-3-5-7-19)26(34)31(27)23-14-10-21(28)11-15-23/h3-16,18H,1-2H3,(H,29,33). The fourth-order valence-electron chi connectivity index (χ4n) is 3.34. The fourth-order valence-corrected chi connectivity index (χ4v) is 4.27. The largest absolute Gasteiger partial charge is 0.325 e. The van der Waals surface area contributed by atoms with Crippen LogP contribution in [0.2, 0.25) is 0 Å². The highest BCUT2D eigenvalue weighted by Gasteiger charge is 2.34. The zero-order valence-corrected chi connectivity index (χ0v) is 19.9. The smallest absolute Gasteiger partial charge is 0.283 e. The molecule has 35 heavy (non-hydrogen) atoms. The van der Waals surface area contributed by atoms with Gasteiger partial charge in [-0.25, -0.2) is 9.38 Å². The Kier molecular flexibility index (Phi) is 7.22. The lowest BCUT2D eigenvalue weighted by Crippen LogP contribution is -2.33. The maximum Gasteiger partial charge on any atom is 0.283 e. The van der Waals surface area contributed by atoms with Gasteiger partial charge in [-0.3, -0.25) is 19.3 Å². The molecule has 8 heteroatoms. The Bertz CT molecular complexity index is 1320. The lowest BCUT2D eigenvalue weighted by molar-refractivity contribution is -0.115. The average molecular weight is 488 g/mol. The van der Waals surface area contributed by atoms with Crippen molar-refractivity contribution in [2.45, 2.75) is 19.1 Å². The number of hydrogen-bond acceptors (Lipinski definition) is 5. The number of ketones is 1. The number of halogens is 1. The zero-order valence-electron chi connectivity index (χ0n) is 19.1. The molecular weight excluding hydrogens is 465 g/mol. The molecular formula is C27H22FN3O3S. The maximum atomic E-state index is 13.5.